The summed E-state index contributed by atoms with van der Waals surface area (Å²) in [4.78, 5) is 0. The molecule has 4 N–H and O–H groups in total. The van der Waals surface area contributed by atoms with Gasteiger partial charge in [0.15, 0.2) is 0 Å². The number of aliphatic hydroxyl groups excluding tert-OH is 1. The van der Waals surface area contributed by atoms with E-state index < -0.39 is 11.9 Å². The average molecular weight is 219 g/mol. The molecule has 78 valence electrons. The molecule has 1 aromatic carbocycles. The van der Waals surface area contributed by atoms with Crippen molar-refractivity contribution < 1.29 is 9.50 Å². The molecule has 0 fully saturated rings. The second kappa shape index (κ2) is 4.48. The van der Waals surface area contributed by atoms with Crippen LogP contribution in [0.5, 0.6) is 0 Å². The number of nitrogens with two attached hydrogens (primary N) is 1. The number of benzene rings is 1. The van der Waals surface area contributed by atoms with E-state index in [0.717, 1.165) is 6.07 Å². The number of nitrogens with one attached hydrogen (secondary N) is 1. The molecule has 0 aliphatic carbocycles. The van der Waals surface area contributed by atoms with E-state index in [9.17, 15) is 4.39 Å². The summed E-state index contributed by atoms with van der Waals surface area (Å²) in [7, 11) is 0. The summed E-state index contributed by atoms with van der Waals surface area (Å²) in [5, 5.41) is 11.9. The zero-order valence-electron chi connectivity index (χ0n) is 7.72. The van der Waals surface area contributed by atoms with Crippen molar-refractivity contribution in [2.45, 2.75) is 13.0 Å². The van der Waals surface area contributed by atoms with Gasteiger partial charge in [0.1, 0.15) is 5.82 Å². The highest BCUT2D eigenvalue weighted by molar-refractivity contribution is 6.31. The van der Waals surface area contributed by atoms with Gasteiger partial charge in [-0.15, -0.1) is 0 Å². The Morgan fingerprint density at radius 2 is 2.29 bits per heavy atom. The third-order valence-electron chi connectivity index (χ3n) is 1.68. The molecule has 0 heterocycles. The first kappa shape index (κ1) is 11.1. The smallest absolute Gasteiger partial charge is 0.143 e. The first-order valence-electron chi connectivity index (χ1n) is 4.17. The molecule has 5 heteroatoms. The van der Waals surface area contributed by atoms with E-state index in [-0.39, 0.29) is 10.7 Å². The van der Waals surface area contributed by atoms with Gasteiger partial charge in [-0.05, 0) is 13.0 Å². The molecule has 14 heavy (non-hydrogen) atoms. The molecule has 1 aromatic rings. The summed E-state index contributed by atoms with van der Waals surface area (Å²) in [6.45, 7) is 1.97. The molecule has 1 unspecified atom stereocenters. The molecular weight excluding hydrogens is 207 g/mol. The third kappa shape index (κ3) is 2.75. The minimum absolute atomic E-state index is 0.00675. The normalized spacial score (nSPS) is 12.6. The van der Waals surface area contributed by atoms with E-state index in [1.807, 2.05) is 0 Å². The lowest BCUT2D eigenvalue weighted by Gasteiger charge is -2.11. The molecular formula is C9H12ClFN2O. The SMILES string of the molecule is CC(O)CNc1cc(Cl)c(F)cc1N. The Kier molecular flexibility index (Phi) is 3.55. The topological polar surface area (TPSA) is 58.3 Å². The third-order valence-corrected chi connectivity index (χ3v) is 1.97. The average Bonchev–Trinajstić information content (AvgIpc) is 2.09. The molecule has 1 atom stereocenters. The molecule has 1 rings (SSSR count). The second-order valence-corrected chi connectivity index (χ2v) is 3.49. The Hall–Kier alpha value is -1.00. The van der Waals surface area contributed by atoms with Crippen LogP contribution in [0.4, 0.5) is 15.8 Å². The van der Waals surface area contributed by atoms with Gasteiger partial charge in [0, 0.05) is 12.6 Å². The van der Waals surface area contributed by atoms with Crippen molar-refractivity contribution in [1.82, 2.24) is 0 Å². The van der Waals surface area contributed by atoms with Crippen LogP contribution in [-0.4, -0.2) is 17.8 Å². The van der Waals surface area contributed by atoms with Gasteiger partial charge in [-0.25, -0.2) is 4.39 Å². The van der Waals surface area contributed by atoms with Crippen molar-refractivity contribution in [1.29, 1.82) is 0 Å². The summed E-state index contributed by atoms with van der Waals surface area (Å²) < 4.78 is 12.9. The van der Waals surface area contributed by atoms with Crippen LogP contribution in [0.2, 0.25) is 5.02 Å². The lowest BCUT2D eigenvalue weighted by Crippen LogP contribution is -2.16. The summed E-state index contributed by atoms with van der Waals surface area (Å²) in [5.41, 5.74) is 6.33. The summed E-state index contributed by atoms with van der Waals surface area (Å²) in [6, 6.07) is 2.54. The van der Waals surface area contributed by atoms with Gasteiger partial charge in [-0.2, -0.15) is 0 Å². The number of aliphatic hydroxyl groups is 1. The van der Waals surface area contributed by atoms with Gasteiger partial charge in [0.05, 0.1) is 22.5 Å². The van der Waals surface area contributed by atoms with E-state index in [2.05, 4.69) is 5.32 Å². The first-order valence-corrected chi connectivity index (χ1v) is 4.55. The molecule has 3 nitrogen and oxygen atoms in total. The maximum absolute atomic E-state index is 12.9. The van der Waals surface area contributed by atoms with Crippen LogP contribution in [-0.2, 0) is 0 Å². The molecule has 0 amide bonds. The van der Waals surface area contributed by atoms with E-state index >= 15 is 0 Å². The van der Waals surface area contributed by atoms with Gasteiger partial charge in [0.2, 0.25) is 0 Å². The molecule has 0 saturated heterocycles. The largest absolute Gasteiger partial charge is 0.397 e. The number of hydrogen-bond donors (Lipinski definition) is 3. The minimum atomic E-state index is -0.549. The number of halogens is 2. The van der Waals surface area contributed by atoms with E-state index in [1.165, 1.54) is 6.07 Å². The summed E-state index contributed by atoms with van der Waals surface area (Å²) >= 11 is 5.57. The van der Waals surface area contributed by atoms with Gasteiger partial charge in [0.25, 0.3) is 0 Å². The van der Waals surface area contributed by atoms with Crippen LogP contribution >= 0.6 is 11.6 Å². The predicted octanol–water partition coefficient (Wildman–Crippen LogP) is 1.85. The highest BCUT2D eigenvalue weighted by atomic mass is 35.5. The Bertz CT molecular complexity index is 331. The number of nitrogen functional groups attached to an aromatic ring is 1. The van der Waals surface area contributed by atoms with Gasteiger partial charge < -0.3 is 16.2 Å². The van der Waals surface area contributed by atoms with Gasteiger partial charge in [-0.1, -0.05) is 11.6 Å². The summed E-state index contributed by atoms with van der Waals surface area (Å²) in [5.74, 6) is -0.549. The Labute approximate surface area is 86.7 Å². The van der Waals surface area contributed by atoms with E-state index in [0.29, 0.717) is 12.2 Å². The van der Waals surface area contributed by atoms with E-state index in [1.54, 1.807) is 6.92 Å². The van der Waals surface area contributed by atoms with Gasteiger partial charge in [-0.3, -0.25) is 0 Å². The minimum Gasteiger partial charge on any atom is -0.397 e. The van der Waals surface area contributed by atoms with Crippen molar-refractivity contribution in [3.8, 4) is 0 Å². The fraction of sp³-hybridized carbons (Fsp3) is 0.333. The zero-order chi connectivity index (χ0) is 10.7. The second-order valence-electron chi connectivity index (χ2n) is 3.08. The first-order chi connectivity index (χ1) is 6.50. The van der Waals surface area contributed by atoms with Crippen molar-refractivity contribution in [2.24, 2.45) is 0 Å². The molecule has 0 aliphatic rings. The molecule has 0 bridgehead atoms. The maximum Gasteiger partial charge on any atom is 0.143 e. The molecule has 0 aliphatic heterocycles. The van der Waals surface area contributed by atoms with Crippen LogP contribution in [0.25, 0.3) is 0 Å². The fourth-order valence-electron chi connectivity index (χ4n) is 0.973. The Morgan fingerprint density at radius 3 is 2.86 bits per heavy atom. The summed E-state index contributed by atoms with van der Waals surface area (Å²) in [6.07, 6.45) is -0.502. The highest BCUT2D eigenvalue weighted by Gasteiger charge is 2.06. The van der Waals surface area contributed by atoms with Crippen LogP contribution in [0, 0.1) is 5.82 Å². The van der Waals surface area contributed by atoms with Crippen molar-refractivity contribution in [3.63, 3.8) is 0 Å². The van der Waals surface area contributed by atoms with Gasteiger partial charge >= 0.3 is 0 Å². The Balaban J connectivity index is 2.82. The monoisotopic (exact) mass is 218 g/mol. The molecule has 0 saturated carbocycles. The number of anilines is 2. The molecule has 0 aromatic heterocycles. The molecule has 0 spiro atoms. The van der Waals surface area contributed by atoms with Crippen molar-refractivity contribution >= 4 is 23.0 Å². The predicted molar refractivity (Wildman–Crippen MR) is 56.0 cm³/mol. The lowest BCUT2D eigenvalue weighted by atomic mass is 10.2. The zero-order valence-corrected chi connectivity index (χ0v) is 8.48. The molecule has 0 radical (unpaired) electrons. The van der Waals surface area contributed by atoms with Crippen LogP contribution in [0.3, 0.4) is 0 Å². The fourth-order valence-corrected chi connectivity index (χ4v) is 1.14. The van der Waals surface area contributed by atoms with Crippen molar-refractivity contribution in [3.05, 3.63) is 23.0 Å². The highest BCUT2D eigenvalue weighted by Crippen LogP contribution is 2.25. The maximum atomic E-state index is 12.9. The number of hydrogen-bond acceptors (Lipinski definition) is 3. The van der Waals surface area contributed by atoms with Crippen LogP contribution < -0.4 is 11.1 Å². The van der Waals surface area contributed by atoms with Crippen LogP contribution in [0.1, 0.15) is 6.92 Å². The van der Waals surface area contributed by atoms with E-state index in [4.69, 9.17) is 22.4 Å². The lowest BCUT2D eigenvalue weighted by molar-refractivity contribution is 0.208. The van der Waals surface area contributed by atoms with Crippen LogP contribution in [0.15, 0.2) is 12.1 Å². The Morgan fingerprint density at radius 1 is 1.64 bits per heavy atom. The van der Waals surface area contributed by atoms with Crippen molar-refractivity contribution in [2.75, 3.05) is 17.6 Å². The number of rotatable bonds is 3. The standard InChI is InChI=1S/C9H12ClFN2O/c1-5(14)4-13-9-2-6(10)7(11)3-8(9)12/h2-3,5,13-14H,4,12H2,1H3. The quantitative estimate of drug-likeness (QED) is 0.679.